The second-order valence-corrected chi connectivity index (χ2v) is 11.4. The van der Waals surface area contributed by atoms with Gasteiger partial charge in [-0.2, -0.15) is 5.10 Å². The maximum Gasteiger partial charge on any atom is 0.317 e. The van der Waals surface area contributed by atoms with E-state index in [-0.39, 0.29) is 11.4 Å². The summed E-state index contributed by atoms with van der Waals surface area (Å²) in [4.78, 5) is 24.1. The number of carbonyl (C=O) groups excluding carboxylic acids is 1. The number of anilines is 2. The molecule has 0 saturated carbocycles. The molecule has 9 nitrogen and oxygen atoms in total. The van der Waals surface area contributed by atoms with E-state index in [0.717, 1.165) is 73.4 Å². The summed E-state index contributed by atoms with van der Waals surface area (Å²) >= 11 is 0. The van der Waals surface area contributed by atoms with Gasteiger partial charge >= 0.3 is 6.03 Å². The van der Waals surface area contributed by atoms with Gasteiger partial charge in [-0.1, -0.05) is 32.9 Å². The van der Waals surface area contributed by atoms with Crippen LogP contribution in [0.4, 0.5) is 16.4 Å². The van der Waals surface area contributed by atoms with Crippen LogP contribution in [0.25, 0.3) is 11.3 Å². The second-order valence-electron chi connectivity index (χ2n) is 11.4. The maximum absolute atomic E-state index is 12.9. The topological polar surface area (TPSA) is 97.2 Å². The molecule has 2 aliphatic rings. The molecule has 202 valence electrons. The maximum atomic E-state index is 12.9. The average Bonchev–Trinajstić information content (AvgIpc) is 3.65. The predicted molar refractivity (Wildman–Crippen MR) is 148 cm³/mol. The Bertz CT molecular complexity index is 1280. The number of urea groups is 1. The molecule has 9 heteroatoms. The second kappa shape index (κ2) is 11.1. The van der Waals surface area contributed by atoms with Gasteiger partial charge in [-0.05, 0) is 60.3 Å². The van der Waals surface area contributed by atoms with Crippen molar-refractivity contribution in [2.75, 3.05) is 32.1 Å². The number of amides is 2. The van der Waals surface area contributed by atoms with Crippen molar-refractivity contribution in [3.63, 3.8) is 0 Å². The summed E-state index contributed by atoms with van der Waals surface area (Å²) in [5, 5.41) is 10.9. The van der Waals surface area contributed by atoms with Crippen molar-refractivity contribution in [1.29, 1.82) is 0 Å². The van der Waals surface area contributed by atoms with Gasteiger partial charge < -0.3 is 20.3 Å². The van der Waals surface area contributed by atoms with E-state index in [0.29, 0.717) is 25.0 Å². The fourth-order valence-corrected chi connectivity index (χ4v) is 5.40. The number of benzene rings is 1. The number of hydrogen-bond donors (Lipinski definition) is 2. The highest BCUT2D eigenvalue weighted by atomic mass is 16.5. The summed E-state index contributed by atoms with van der Waals surface area (Å²) in [6, 6.07) is 8.23. The van der Waals surface area contributed by atoms with Crippen molar-refractivity contribution < 1.29 is 9.53 Å². The highest BCUT2D eigenvalue weighted by Gasteiger charge is 2.33. The van der Waals surface area contributed by atoms with E-state index < -0.39 is 0 Å². The predicted octanol–water partition coefficient (Wildman–Crippen LogP) is 4.80. The number of carbonyl (C=O) groups is 1. The molecular weight excluding hydrogens is 478 g/mol. The van der Waals surface area contributed by atoms with Crippen molar-refractivity contribution >= 4 is 17.7 Å². The van der Waals surface area contributed by atoms with E-state index in [1.54, 1.807) is 13.3 Å². The third kappa shape index (κ3) is 5.83. The number of fused-ring (bicyclic) bond motifs is 1. The lowest BCUT2D eigenvalue weighted by atomic mass is 9.80. The Morgan fingerprint density at radius 3 is 2.84 bits per heavy atom. The lowest BCUT2D eigenvalue weighted by Gasteiger charge is -2.27. The molecule has 2 aliphatic heterocycles. The van der Waals surface area contributed by atoms with E-state index in [9.17, 15) is 4.79 Å². The van der Waals surface area contributed by atoms with Gasteiger partial charge in [0.05, 0.1) is 29.9 Å². The third-order valence-corrected chi connectivity index (χ3v) is 7.84. The average molecular weight is 518 g/mol. The number of hydrogen-bond acceptors (Lipinski definition) is 6. The van der Waals surface area contributed by atoms with Gasteiger partial charge in [-0.25, -0.2) is 14.8 Å². The highest BCUT2D eigenvalue weighted by Crippen LogP contribution is 2.33. The minimum absolute atomic E-state index is 0.0108. The van der Waals surface area contributed by atoms with Crippen molar-refractivity contribution in [3.05, 3.63) is 53.5 Å². The van der Waals surface area contributed by atoms with Gasteiger partial charge in [-0.15, -0.1) is 0 Å². The Hall–Kier alpha value is -3.46. The van der Waals surface area contributed by atoms with E-state index in [2.05, 4.69) is 59.7 Å². The number of rotatable bonds is 8. The van der Waals surface area contributed by atoms with Crippen LogP contribution in [-0.2, 0) is 30.7 Å². The zero-order valence-electron chi connectivity index (χ0n) is 23.0. The highest BCUT2D eigenvalue weighted by molar-refractivity contribution is 5.74. The first-order valence-electron chi connectivity index (χ1n) is 13.6. The fraction of sp³-hybridized carbons (Fsp3) is 0.517. The summed E-state index contributed by atoms with van der Waals surface area (Å²) in [7, 11) is 1.71. The van der Waals surface area contributed by atoms with E-state index in [1.165, 1.54) is 5.69 Å². The minimum Gasteiger partial charge on any atom is -0.384 e. The molecule has 1 saturated heterocycles. The summed E-state index contributed by atoms with van der Waals surface area (Å²) in [5.41, 5.74) is 6.46. The van der Waals surface area contributed by atoms with Crippen LogP contribution < -0.4 is 10.6 Å². The number of aromatic nitrogens is 4. The SMILES string of the molecule is COCCc1cc(-c2ccnc(Nc3cnn4c3CCC4)n2)ccc1CNC(=O)N1CC[C@@H](C(C)(C)C)C1. The van der Waals surface area contributed by atoms with Crippen molar-refractivity contribution in [1.82, 2.24) is 30.0 Å². The van der Waals surface area contributed by atoms with Crippen LogP contribution >= 0.6 is 0 Å². The van der Waals surface area contributed by atoms with Gasteiger partial charge in [0.1, 0.15) is 0 Å². The van der Waals surface area contributed by atoms with Crippen LogP contribution in [0, 0.1) is 11.3 Å². The first-order valence-corrected chi connectivity index (χ1v) is 13.6. The zero-order chi connectivity index (χ0) is 26.7. The van der Waals surface area contributed by atoms with Crippen LogP contribution in [0.1, 0.15) is 50.4 Å². The molecule has 5 rings (SSSR count). The van der Waals surface area contributed by atoms with Crippen LogP contribution in [0.5, 0.6) is 0 Å². The molecule has 0 unspecified atom stereocenters. The molecule has 0 spiro atoms. The Morgan fingerprint density at radius 2 is 2.05 bits per heavy atom. The van der Waals surface area contributed by atoms with Crippen molar-refractivity contribution in [2.24, 2.45) is 11.3 Å². The molecule has 1 aromatic carbocycles. The molecule has 2 amide bonds. The lowest BCUT2D eigenvalue weighted by Crippen LogP contribution is -2.39. The van der Waals surface area contributed by atoms with Gasteiger partial charge in [0.15, 0.2) is 0 Å². The van der Waals surface area contributed by atoms with Crippen LogP contribution in [0.2, 0.25) is 0 Å². The summed E-state index contributed by atoms with van der Waals surface area (Å²) < 4.78 is 7.41. The lowest BCUT2D eigenvalue weighted by molar-refractivity contribution is 0.196. The molecule has 0 bridgehead atoms. The summed E-state index contributed by atoms with van der Waals surface area (Å²) in [6.45, 7) is 10.4. The molecule has 2 N–H and O–H groups in total. The summed E-state index contributed by atoms with van der Waals surface area (Å²) in [6.07, 6.45) is 7.57. The molecule has 0 aliphatic carbocycles. The van der Waals surface area contributed by atoms with Crippen molar-refractivity contribution in [2.45, 2.75) is 59.5 Å². The Kier molecular flexibility index (Phi) is 7.65. The number of nitrogens with one attached hydrogen (secondary N) is 2. The molecule has 2 aromatic heterocycles. The normalized spacial score (nSPS) is 17.1. The smallest absolute Gasteiger partial charge is 0.317 e. The Labute approximate surface area is 225 Å². The van der Waals surface area contributed by atoms with Crippen LogP contribution in [0.15, 0.2) is 36.7 Å². The standard InChI is InChI=1S/C29H39N7O2/c1-29(2,3)23-10-14-35(19-23)28(37)31-17-22-8-7-21(16-20(22)11-15-38-4)24-9-12-30-27(33-24)34-25-18-32-36-13-5-6-26(25)36/h7-9,12,16,18,23H,5-6,10-11,13-15,17,19H2,1-4H3,(H,31,37)(H,30,33,34)/t23-/m1/s1. The molecule has 38 heavy (non-hydrogen) atoms. The van der Waals surface area contributed by atoms with E-state index >= 15 is 0 Å². The van der Waals surface area contributed by atoms with Crippen molar-refractivity contribution in [3.8, 4) is 11.3 Å². The molecule has 3 aromatic rings. The molecular formula is C29H39N7O2. The molecule has 1 fully saturated rings. The van der Waals surface area contributed by atoms with Crippen LogP contribution in [0.3, 0.4) is 0 Å². The number of methoxy groups -OCH3 is 1. The number of ether oxygens (including phenoxy) is 1. The zero-order valence-corrected chi connectivity index (χ0v) is 23.0. The molecule has 0 radical (unpaired) electrons. The quantitative estimate of drug-likeness (QED) is 0.446. The van der Waals surface area contributed by atoms with Gasteiger partial charge in [0.2, 0.25) is 5.95 Å². The van der Waals surface area contributed by atoms with Gasteiger partial charge in [0, 0.05) is 45.0 Å². The van der Waals surface area contributed by atoms with E-state index in [1.807, 2.05) is 21.8 Å². The minimum atomic E-state index is 0.0108. The number of likely N-dealkylation sites (tertiary alicyclic amines) is 1. The molecule has 4 heterocycles. The monoisotopic (exact) mass is 517 g/mol. The molecule has 1 atom stereocenters. The first kappa shape index (κ1) is 26.2. The summed E-state index contributed by atoms with van der Waals surface area (Å²) in [5.74, 6) is 1.09. The number of aryl methyl sites for hydroxylation is 1. The fourth-order valence-electron chi connectivity index (χ4n) is 5.40. The Morgan fingerprint density at radius 1 is 1.18 bits per heavy atom. The third-order valence-electron chi connectivity index (χ3n) is 7.84. The van der Waals surface area contributed by atoms with Crippen LogP contribution in [-0.4, -0.2) is 57.5 Å². The largest absolute Gasteiger partial charge is 0.384 e. The van der Waals surface area contributed by atoms with Gasteiger partial charge in [-0.3, -0.25) is 4.68 Å². The number of nitrogens with zero attached hydrogens (tertiary/aromatic N) is 5. The Balaban J connectivity index is 1.28. The first-order chi connectivity index (χ1) is 18.3. The van der Waals surface area contributed by atoms with Gasteiger partial charge in [0.25, 0.3) is 0 Å². The van der Waals surface area contributed by atoms with E-state index in [4.69, 9.17) is 9.72 Å².